The van der Waals surface area contributed by atoms with Crippen LogP contribution in [0.1, 0.15) is 5.56 Å². The fraction of sp³-hybridized carbons (Fsp3) is 0.143. The maximum absolute atomic E-state index is 12.2. The summed E-state index contributed by atoms with van der Waals surface area (Å²) in [4.78, 5) is 0. The Morgan fingerprint density at radius 3 is 2.42 bits per heavy atom. The molecule has 0 saturated heterocycles. The zero-order valence-electron chi connectivity index (χ0n) is 10.0. The third-order valence-corrected chi connectivity index (χ3v) is 2.54. The first-order valence-electron chi connectivity index (χ1n) is 5.71. The maximum Gasteiger partial charge on any atom is 0.387 e. The van der Waals surface area contributed by atoms with Gasteiger partial charge in [-0.05, 0) is 30.3 Å². The summed E-state index contributed by atoms with van der Waals surface area (Å²) in [6.45, 7) is -2.48. The molecule has 0 aliphatic rings. The molecule has 0 aliphatic heterocycles. The summed E-state index contributed by atoms with van der Waals surface area (Å²) in [5.74, 6) is 0.329. The summed E-state index contributed by atoms with van der Waals surface area (Å²) in [5, 5.41) is 12.2. The first-order chi connectivity index (χ1) is 9.15. The second kappa shape index (κ2) is 6.04. The van der Waals surface area contributed by atoms with Gasteiger partial charge in [0.15, 0.2) is 0 Å². The van der Waals surface area contributed by atoms with E-state index in [0.29, 0.717) is 12.1 Å². The number of nitrogens with one attached hydrogen (secondary N) is 1. The van der Waals surface area contributed by atoms with Crippen LogP contribution in [0.15, 0.2) is 48.5 Å². The van der Waals surface area contributed by atoms with E-state index in [0.717, 1.165) is 5.69 Å². The van der Waals surface area contributed by atoms with Crippen LogP contribution in [0.2, 0.25) is 0 Å². The van der Waals surface area contributed by atoms with Gasteiger partial charge in [-0.3, -0.25) is 0 Å². The smallest absolute Gasteiger partial charge is 0.387 e. The van der Waals surface area contributed by atoms with Crippen molar-refractivity contribution in [2.75, 3.05) is 5.32 Å². The zero-order chi connectivity index (χ0) is 13.7. The minimum atomic E-state index is -2.84. The van der Waals surface area contributed by atoms with Gasteiger partial charge in [-0.2, -0.15) is 8.78 Å². The molecule has 0 aromatic heterocycles. The molecular weight excluding hydrogens is 252 g/mol. The largest absolute Gasteiger partial charge is 0.508 e. The molecule has 0 radical (unpaired) electrons. The Kier molecular flexibility index (Phi) is 4.18. The lowest BCUT2D eigenvalue weighted by atomic mass is 10.2. The van der Waals surface area contributed by atoms with Crippen molar-refractivity contribution in [3.63, 3.8) is 0 Å². The highest BCUT2D eigenvalue weighted by atomic mass is 19.3. The van der Waals surface area contributed by atoms with E-state index in [1.165, 1.54) is 6.07 Å². The molecule has 0 amide bonds. The summed E-state index contributed by atoms with van der Waals surface area (Å²) in [6.07, 6.45) is 0. The van der Waals surface area contributed by atoms with Gasteiger partial charge in [0.05, 0.1) is 0 Å². The third kappa shape index (κ3) is 3.84. The number of para-hydroxylation sites is 1. The second-order valence-corrected chi connectivity index (χ2v) is 3.89. The average molecular weight is 265 g/mol. The van der Waals surface area contributed by atoms with Crippen molar-refractivity contribution in [2.45, 2.75) is 13.2 Å². The van der Waals surface area contributed by atoms with Crippen LogP contribution in [0.25, 0.3) is 0 Å². The van der Waals surface area contributed by atoms with Gasteiger partial charge in [-0.25, -0.2) is 0 Å². The molecule has 5 heteroatoms. The minimum absolute atomic E-state index is 0.156. The summed E-state index contributed by atoms with van der Waals surface area (Å²) < 4.78 is 28.9. The lowest BCUT2D eigenvalue weighted by molar-refractivity contribution is -0.0504. The van der Waals surface area contributed by atoms with Crippen LogP contribution in [-0.4, -0.2) is 11.7 Å². The average Bonchev–Trinajstić information content (AvgIpc) is 2.39. The van der Waals surface area contributed by atoms with Gasteiger partial charge in [0.1, 0.15) is 11.5 Å². The van der Waals surface area contributed by atoms with E-state index in [1.807, 2.05) is 0 Å². The molecule has 0 aliphatic carbocycles. The molecule has 0 bridgehead atoms. The Bertz CT molecular complexity index is 529. The first kappa shape index (κ1) is 13.1. The van der Waals surface area contributed by atoms with Gasteiger partial charge in [0.2, 0.25) is 0 Å². The van der Waals surface area contributed by atoms with E-state index in [1.54, 1.807) is 42.5 Å². The standard InChI is InChI=1S/C14H13F2NO2/c15-14(16)19-13-4-2-1-3-10(13)9-17-11-5-7-12(18)8-6-11/h1-8,14,17-18H,9H2. The Labute approximate surface area is 109 Å². The number of ether oxygens (including phenoxy) is 1. The number of alkyl halides is 2. The SMILES string of the molecule is Oc1ccc(NCc2ccccc2OC(F)F)cc1. The van der Waals surface area contributed by atoms with Crippen LogP contribution in [-0.2, 0) is 6.54 Å². The van der Waals surface area contributed by atoms with Gasteiger partial charge in [0, 0.05) is 17.8 Å². The van der Waals surface area contributed by atoms with Crippen molar-refractivity contribution in [3.05, 3.63) is 54.1 Å². The topological polar surface area (TPSA) is 41.5 Å². The highest BCUT2D eigenvalue weighted by Gasteiger charge is 2.08. The number of rotatable bonds is 5. The monoisotopic (exact) mass is 265 g/mol. The molecule has 0 saturated carbocycles. The van der Waals surface area contributed by atoms with Gasteiger partial charge in [-0.1, -0.05) is 18.2 Å². The molecule has 2 N–H and O–H groups in total. The van der Waals surface area contributed by atoms with Crippen molar-refractivity contribution < 1.29 is 18.6 Å². The van der Waals surface area contributed by atoms with Gasteiger partial charge in [0.25, 0.3) is 0 Å². The number of hydrogen-bond donors (Lipinski definition) is 2. The fourth-order valence-electron chi connectivity index (χ4n) is 1.64. The quantitative estimate of drug-likeness (QED) is 0.811. The molecule has 3 nitrogen and oxygen atoms in total. The Balaban J connectivity index is 2.04. The number of hydrogen-bond acceptors (Lipinski definition) is 3. The highest BCUT2D eigenvalue weighted by molar-refractivity contribution is 5.47. The van der Waals surface area contributed by atoms with Crippen LogP contribution in [0, 0.1) is 0 Å². The zero-order valence-corrected chi connectivity index (χ0v) is 10.0. The Morgan fingerprint density at radius 2 is 1.74 bits per heavy atom. The third-order valence-electron chi connectivity index (χ3n) is 2.54. The van der Waals surface area contributed by atoms with E-state index in [9.17, 15) is 8.78 Å². The summed E-state index contributed by atoms with van der Waals surface area (Å²) in [6, 6.07) is 13.1. The summed E-state index contributed by atoms with van der Waals surface area (Å²) in [7, 11) is 0. The molecule has 0 spiro atoms. The lowest BCUT2D eigenvalue weighted by Gasteiger charge is -2.12. The van der Waals surface area contributed by atoms with Crippen molar-refractivity contribution in [3.8, 4) is 11.5 Å². The van der Waals surface area contributed by atoms with E-state index >= 15 is 0 Å². The number of anilines is 1. The van der Waals surface area contributed by atoms with Gasteiger partial charge < -0.3 is 15.2 Å². The van der Waals surface area contributed by atoms with E-state index in [-0.39, 0.29) is 11.5 Å². The number of halogens is 2. The van der Waals surface area contributed by atoms with E-state index in [2.05, 4.69) is 10.1 Å². The summed E-state index contributed by atoms with van der Waals surface area (Å²) in [5.41, 5.74) is 1.42. The second-order valence-electron chi connectivity index (χ2n) is 3.89. The van der Waals surface area contributed by atoms with E-state index in [4.69, 9.17) is 5.11 Å². The van der Waals surface area contributed by atoms with Crippen molar-refractivity contribution in [1.82, 2.24) is 0 Å². The number of phenolic OH excluding ortho intramolecular Hbond substituents is 1. The molecule has 0 heterocycles. The fourth-order valence-corrected chi connectivity index (χ4v) is 1.64. The van der Waals surface area contributed by atoms with Crippen LogP contribution < -0.4 is 10.1 Å². The molecule has 0 unspecified atom stereocenters. The van der Waals surface area contributed by atoms with Crippen molar-refractivity contribution >= 4 is 5.69 Å². The van der Waals surface area contributed by atoms with Crippen LogP contribution in [0.5, 0.6) is 11.5 Å². The molecule has 2 aromatic rings. The Morgan fingerprint density at radius 1 is 1.05 bits per heavy atom. The first-order valence-corrected chi connectivity index (χ1v) is 5.71. The van der Waals surface area contributed by atoms with Gasteiger partial charge >= 0.3 is 6.61 Å². The van der Waals surface area contributed by atoms with Crippen LogP contribution >= 0.6 is 0 Å². The predicted octanol–water partition coefficient (Wildman–Crippen LogP) is 3.61. The van der Waals surface area contributed by atoms with E-state index < -0.39 is 6.61 Å². The molecule has 19 heavy (non-hydrogen) atoms. The Hall–Kier alpha value is -2.30. The van der Waals surface area contributed by atoms with Crippen LogP contribution in [0.3, 0.4) is 0 Å². The molecule has 2 aromatic carbocycles. The number of aromatic hydroxyl groups is 1. The predicted molar refractivity (Wildman–Crippen MR) is 68.5 cm³/mol. The van der Waals surface area contributed by atoms with Crippen molar-refractivity contribution in [2.24, 2.45) is 0 Å². The molecular formula is C14H13F2NO2. The van der Waals surface area contributed by atoms with Gasteiger partial charge in [-0.15, -0.1) is 0 Å². The molecule has 2 rings (SSSR count). The molecule has 100 valence electrons. The number of phenols is 1. The van der Waals surface area contributed by atoms with Crippen molar-refractivity contribution in [1.29, 1.82) is 0 Å². The normalized spacial score (nSPS) is 10.5. The summed E-state index contributed by atoms with van der Waals surface area (Å²) >= 11 is 0. The lowest BCUT2D eigenvalue weighted by Crippen LogP contribution is -2.07. The molecule has 0 atom stereocenters. The number of benzene rings is 2. The molecule has 0 fully saturated rings. The maximum atomic E-state index is 12.2. The highest BCUT2D eigenvalue weighted by Crippen LogP contribution is 2.22. The minimum Gasteiger partial charge on any atom is -0.508 e. The van der Waals surface area contributed by atoms with Crippen LogP contribution in [0.4, 0.5) is 14.5 Å².